The van der Waals surface area contributed by atoms with Gasteiger partial charge in [-0.05, 0) is 109 Å². The number of likely N-dealkylation sites (N-methyl/N-ethyl adjacent to an activating group) is 2. The Labute approximate surface area is 321 Å². The Kier molecular flexibility index (Phi) is 15.0. The van der Waals surface area contributed by atoms with E-state index in [4.69, 9.17) is 16.3 Å². The summed E-state index contributed by atoms with van der Waals surface area (Å²) in [6.07, 6.45) is 2.24. The molecule has 2 aliphatic rings. The Morgan fingerprint density at radius 2 is 1.75 bits per heavy atom. The van der Waals surface area contributed by atoms with Crippen LogP contribution in [0.3, 0.4) is 0 Å². The molecule has 6 amide bonds. The van der Waals surface area contributed by atoms with Gasteiger partial charge in [0.05, 0.1) is 0 Å². The summed E-state index contributed by atoms with van der Waals surface area (Å²) < 4.78 is 6.11. The van der Waals surface area contributed by atoms with Crippen LogP contribution in [0.4, 0.5) is 4.79 Å². The molecule has 3 rings (SSSR count). The quantitative estimate of drug-likeness (QED) is 0.304. The van der Waals surface area contributed by atoms with Crippen LogP contribution >= 0.6 is 27.5 Å². The molecule has 1 saturated heterocycles. The van der Waals surface area contributed by atoms with Gasteiger partial charge in [-0.1, -0.05) is 41.4 Å². The number of ether oxygens (including phenoxy) is 1. The van der Waals surface area contributed by atoms with Crippen LogP contribution in [-0.2, 0) is 35.1 Å². The maximum atomic E-state index is 14.4. The van der Waals surface area contributed by atoms with Gasteiger partial charge in [-0.2, -0.15) is 0 Å². The van der Waals surface area contributed by atoms with Gasteiger partial charge in [0.1, 0.15) is 35.3 Å². The van der Waals surface area contributed by atoms with Crippen LogP contribution in [0.15, 0.2) is 22.7 Å². The number of nitrogens with one attached hydrogen (secondary N) is 4. The first-order chi connectivity index (χ1) is 24.1. The molecule has 1 aromatic carbocycles. The molecule has 0 unspecified atom stereocenters. The molecule has 15 heteroatoms. The van der Waals surface area contributed by atoms with Crippen molar-refractivity contribution < 1.29 is 33.5 Å². The molecule has 4 atom stereocenters. The minimum Gasteiger partial charge on any atom is -0.444 e. The molecular weight excluding hydrogens is 756 g/mol. The van der Waals surface area contributed by atoms with Gasteiger partial charge in [0.25, 0.3) is 0 Å². The van der Waals surface area contributed by atoms with E-state index in [-0.39, 0.29) is 37.6 Å². The highest BCUT2D eigenvalue weighted by molar-refractivity contribution is 9.10. The van der Waals surface area contributed by atoms with E-state index < -0.39 is 70.9 Å². The molecule has 0 aromatic heterocycles. The number of benzene rings is 1. The summed E-state index contributed by atoms with van der Waals surface area (Å²) in [6, 6.07) is 1.13. The van der Waals surface area contributed by atoms with Gasteiger partial charge in [-0.3, -0.25) is 24.0 Å². The van der Waals surface area contributed by atoms with E-state index in [1.54, 1.807) is 52.8 Å². The molecule has 13 nitrogen and oxygen atoms in total. The Morgan fingerprint density at radius 1 is 1.10 bits per heavy atom. The third kappa shape index (κ3) is 12.3. The molecule has 52 heavy (non-hydrogen) atoms. The maximum Gasteiger partial charge on any atom is 0.408 e. The first-order valence-corrected chi connectivity index (χ1v) is 19.2. The Hall–Kier alpha value is -3.39. The van der Waals surface area contributed by atoms with Crippen molar-refractivity contribution in [3.8, 4) is 0 Å². The highest BCUT2D eigenvalue weighted by Crippen LogP contribution is 2.34. The van der Waals surface area contributed by atoms with Crippen LogP contribution in [-0.4, -0.2) is 101 Å². The van der Waals surface area contributed by atoms with Gasteiger partial charge in [0, 0.05) is 36.6 Å². The van der Waals surface area contributed by atoms with E-state index in [1.165, 1.54) is 23.9 Å². The van der Waals surface area contributed by atoms with Crippen molar-refractivity contribution in [2.75, 3.05) is 20.6 Å². The minimum absolute atomic E-state index is 0.0275. The number of halogens is 2. The number of hydrogen-bond donors (Lipinski definition) is 4. The topological polar surface area (TPSA) is 166 Å². The summed E-state index contributed by atoms with van der Waals surface area (Å²) >= 11 is 9.82. The highest BCUT2D eigenvalue weighted by atomic mass is 79.9. The standard InChI is InChI=1S/C37H56BrClN6O7/c1-21(2)18-26-32(48)45(9)28(20-23-19-24(39)15-16-25(23)38)31(47)43-37(6,7)34(50)40-17-11-10-12-27(30(46)41-26)44(8)33(49)29(22-13-14-22)42-35(51)52-36(3,4)5/h15-16,19,21-22,26-29H,10-14,17-18,20H2,1-9H3,(H,40,50)(H,41,46)(H,42,51)(H,43,47)/t26-,27-,28-,29-/m0/s1. The number of alkyl carbamates (subject to hydrolysis) is 1. The van der Waals surface area contributed by atoms with Crippen LogP contribution in [0.25, 0.3) is 0 Å². The number of amides is 6. The van der Waals surface area contributed by atoms with Crippen molar-refractivity contribution in [2.45, 2.75) is 129 Å². The molecule has 0 spiro atoms. The van der Waals surface area contributed by atoms with Crippen LogP contribution in [0.2, 0.25) is 5.02 Å². The lowest BCUT2D eigenvalue weighted by Crippen LogP contribution is -2.62. The van der Waals surface area contributed by atoms with Crippen molar-refractivity contribution >= 4 is 63.2 Å². The summed E-state index contributed by atoms with van der Waals surface area (Å²) in [5.74, 6) is -2.58. The zero-order valence-electron chi connectivity index (χ0n) is 31.9. The molecule has 4 N–H and O–H groups in total. The van der Waals surface area contributed by atoms with Gasteiger partial charge in [0.2, 0.25) is 29.5 Å². The van der Waals surface area contributed by atoms with Gasteiger partial charge in [-0.25, -0.2) is 4.79 Å². The number of rotatable bonds is 8. The van der Waals surface area contributed by atoms with Crippen LogP contribution in [0, 0.1) is 11.8 Å². The molecule has 2 fully saturated rings. The van der Waals surface area contributed by atoms with Gasteiger partial charge < -0.3 is 35.8 Å². The summed E-state index contributed by atoms with van der Waals surface area (Å²) in [5, 5.41) is 11.8. The lowest BCUT2D eigenvalue weighted by Gasteiger charge is -2.36. The summed E-state index contributed by atoms with van der Waals surface area (Å²) in [5.41, 5.74) is -1.42. The van der Waals surface area contributed by atoms with Crippen molar-refractivity contribution in [3.63, 3.8) is 0 Å². The monoisotopic (exact) mass is 810 g/mol. The first-order valence-electron chi connectivity index (χ1n) is 18.0. The van der Waals surface area contributed by atoms with E-state index in [0.29, 0.717) is 27.9 Å². The molecule has 0 bridgehead atoms. The Balaban J connectivity index is 2.00. The SMILES string of the molecule is CC(C)C[C@@H]1NC(=O)[C@@H](N(C)C(=O)[C@@H](NC(=O)OC(C)(C)C)C2CC2)CCCCNC(=O)C(C)(C)NC(=O)[C@H](Cc2cc(Cl)ccc2Br)N(C)C1=O. The average Bonchev–Trinajstić information content (AvgIpc) is 3.87. The second-order valence-electron chi connectivity index (χ2n) is 15.9. The molecule has 1 aliphatic carbocycles. The molecule has 1 saturated carbocycles. The summed E-state index contributed by atoms with van der Waals surface area (Å²) in [4.78, 5) is 85.3. The van der Waals surface area contributed by atoms with Crippen LogP contribution in [0.1, 0.15) is 92.6 Å². The number of carbonyl (C=O) groups is 6. The first kappa shape index (κ1) is 43.0. The minimum atomic E-state index is -1.32. The van der Waals surface area contributed by atoms with Crippen molar-refractivity contribution in [3.05, 3.63) is 33.3 Å². The predicted octanol–water partition coefficient (Wildman–Crippen LogP) is 4.33. The second-order valence-corrected chi connectivity index (χ2v) is 17.2. The van der Waals surface area contributed by atoms with E-state index in [2.05, 4.69) is 37.2 Å². The Bertz CT molecular complexity index is 1490. The molecule has 290 valence electrons. The molecule has 1 aliphatic heterocycles. The fourth-order valence-corrected chi connectivity index (χ4v) is 6.73. The second kappa shape index (κ2) is 18.1. The molecule has 0 radical (unpaired) electrons. The zero-order valence-corrected chi connectivity index (χ0v) is 34.2. The lowest BCUT2D eigenvalue weighted by molar-refractivity contribution is -0.145. The summed E-state index contributed by atoms with van der Waals surface area (Å²) in [7, 11) is 3.02. The molecule has 1 heterocycles. The summed E-state index contributed by atoms with van der Waals surface area (Å²) in [6.45, 7) is 12.5. The normalized spacial score (nSPS) is 22.9. The van der Waals surface area contributed by atoms with Gasteiger partial charge in [0.15, 0.2) is 0 Å². The van der Waals surface area contributed by atoms with E-state index in [9.17, 15) is 28.8 Å². The largest absolute Gasteiger partial charge is 0.444 e. The molecular formula is C37H56BrClN6O7. The fourth-order valence-electron chi connectivity index (χ4n) is 6.13. The number of hydrogen-bond acceptors (Lipinski definition) is 7. The third-order valence-corrected chi connectivity index (χ3v) is 10.2. The van der Waals surface area contributed by atoms with Gasteiger partial charge in [-0.15, -0.1) is 0 Å². The Morgan fingerprint density at radius 3 is 2.35 bits per heavy atom. The predicted molar refractivity (Wildman–Crippen MR) is 202 cm³/mol. The zero-order chi connectivity index (χ0) is 39.1. The van der Waals surface area contributed by atoms with Gasteiger partial charge >= 0.3 is 6.09 Å². The smallest absolute Gasteiger partial charge is 0.408 e. The van der Waals surface area contributed by atoms with Crippen LogP contribution in [0.5, 0.6) is 0 Å². The van der Waals surface area contributed by atoms with Crippen molar-refractivity contribution in [1.82, 2.24) is 31.1 Å². The highest BCUT2D eigenvalue weighted by Gasteiger charge is 2.43. The van der Waals surface area contributed by atoms with Crippen molar-refractivity contribution in [1.29, 1.82) is 0 Å². The van der Waals surface area contributed by atoms with Crippen LogP contribution < -0.4 is 21.3 Å². The maximum absolute atomic E-state index is 14.4. The number of nitrogens with zero attached hydrogens (tertiary/aromatic N) is 2. The number of carbonyl (C=O) groups excluding carboxylic acids is 6. The van der Waals surface area contributed by atoms with E-state index in [0.717, 1.165) is 12.8 Å². The lowest BCUT2D eigenvalue weighted by atomic mass is 9.97. The van der Waals surface area contributed by atoms with E-state index >= 15 is 0 Å². The van der Waals surface area contributed by atoms with Crippen molar-refractivity contribution in [2.24, 2.45) is 11.8 Å². The third-order valence-electron chi connectivity index (χ3n) is 9.20. The average molecular weight is 812 g/mol. The fraction of sp³-hybridized carbons (Fsp3) is 0.676. The molecule has 1 aromatic rings. The van der Waals surface area contributed by atoms with E-state index in [1.807, 2.05) is 13.8 Å².